The normalized spacial score (nSPS) is 18.0. The summed E-state index contributed by atoms with van der Waals surface area (Å²) < 4.78 is 64.8. The van der Waals surface area contributed by atoms with Crippen LogP contribution in [0.2, 0.25) is 0 Å². The molecule has 0 saturated carbocycles. The molecular weight excluding hydrogens is 454 g/mol. The molecule has 1 saturated heterocycles. The molecule has 0 bridgehead atoms. The lowest BCUT2D eigenvalue weighted by Crippen LogP contribution is -2.49. The summed E-state index contributed by atoms with van der Waals surface area (Å²) >= 11 is 0. The number of benzene rings is 1. The van der Waals surface area contributed by atoms with E-state index in [1.807, 2.05) is 0 Å². The Morgan fingerprint density at radius 2 is 1.26 bits per heavy atom. The molecular formula is C23H33BF3NO6. The Morgan fingerprint density at radius 3 is 1.62 bits per heavy atom. The van der Waals surface area contributed by atoms with Crippen molar-refractivity contribution in [2.24, 2.45) is 0 Å². The van der Waals surface area contributed by atoms with Crippen LogP contribution in [0, 0.1) is 0 Å². The average molecular weight is 487 g/mol. The van der Waals surface area contributed by atoms with E-state index in [9.17, 15) is 22.8 Å². The predicted molar refractivity (Wildman–Crippen MR) is 122 cm³/mol. The lowest BCUT2D eigenvalue weighted by molar-refractivity contribution is -0.136. The van der Waals surface area contributed by atoms with E-state index in [-0.39, 0.29) is 0 Å². The summed E-state index contributed by atoms with van der Waals surface area (Å²) in [6.45, 7) is 16.1. The topological polar surface area (TPSA) is 74.3 Å². The molecule has 34 heavy (non-hydrogen) atoms. The Bertz CT molecular complexity index is 903. The molecule has 0 radical (unpaired) electrons. The Kier molecular flexibility index (Phi) is 7.20. The molecule has 1 aliphatic heterocycles. The van der Waals surface area contributed by atoms with Crippen LogP contribution in [-0.4, -0.2) is 41.7 Å². The van der Waals surface area contributed by atoms with Crippen LogP contribution in [0.1, 0.15) is 74.8 Å². The molecule has 1 heterocycles. The first kappa shape index (κ1) is 28.0. The number of carbonyl (C=O) groups is 2. The van der Waals surface area contributed by atoms with Gasteiger partial charge in [-0.2, -0.15) is 18.1 Å². The number of nitrogens with zero attached hydrogens (tertiary/aromatic N) is 1. The van der Waals surface area contributed by atoms with Crippen molar-refractivity contribution in [2.45, 2.75) is 97.8 Å². The number of halogens is 3. The van der Waals surface area contributed by atoms with E-state index >= 15 is 0 Å². The van der Waals surface area contributed by atoms with Gasteiger partial charge >= 0.3 is 25.5 Å². The van der Waals surface area contributed by atoms with Crippen LogP contribution < -0.4 is 10.4 Å². The van der Waals surface area contributed by atoms with E-state index in [2.05, 4.69) is 0 Å². The fourth-order valence-corrected chi connectivity index (χ4v) is 3.09. The summed E-state index contributed by atoms with van der Waals surface area (Å²) in [6.07, 6.45) is -7.22. The second-order valence-electron chi connectivity index (χ2n) is 11.1. The van der Waals surface area contributed by atoms with Crippen molar-refractivity contribution < 1.29 is 41.5 Å². The van der Waals surface area contributed by atoms with E-state index in [0.29, 0.717) is 4.90 Å². The highest BCUT2D eigenvalue weighted by atomic mass is 19.4. The lowest BCUT2D eigenvalue weighted by Gasteiger charge is -2.32. The Hall–Kier alpha value is -2.27. The fourth-order valence-electron chi connectivity index (χ4n) is 3.09. The van der Waals surface area contributed by atoms with E-state index in [0.717, 1.165) is 12.1 Å². The molecule has 190 valence electrons. The van der Waals surface area contributed by atoms with Gasteiger partial charge < -0.3 is 18.8 Å². The summed E-state index contributed by atoms with van der Waals surface area (Å²) in [7, 11) is -1.52. The molecule has 1 aromatic rings. The highest BCUT2D eigenvalue weighted by Gasteiger charge is 2.55. The monoisotopic (exact) mass is 487 g/mol. The summed E-state index contributed by atoms with van der Waals surface area (Å²) in [5.74, 6) is 0. The van der Waals surface area contributed by atoms with E-state index < -0.39 is 64.6 Å². The molecule has 7 nitrogen and oxygen atoms in total. The first-order chi connectivity index (χ1) is 15.1. The highest BCUT2D eigenvalue weighted by molar-refractivity contribution is 6.65. The Morgan fingerprint density at radius 1 is 0.853 bits per heavy atom. The van der Waals surface area contributed by atoms with Crippen molar-refractivity contribution in [3.05, 3.63) is 23.8 Å². The minimum Gasteiger partial charge on any atom is -0.443 e. The quantitative estimate of drug-likeness (QED) is 0.500. The third-order valence-electron chi connectivity index (χ3n) is 5.27. The van der Waals surface area contributed by atoms with Crippen LogP contribution in [0.25, 0.3) is 0 Å². The maximum atomic E-state index is 14.1. The van der Waals surface area contributed by atoms with Gasteiger partial charge in [-0.15, -0.1) is 0 Å². The van der Waals surface area contributed by atoms with Gasteiger partial charge in [0.2, 0.25) is 0 Å². The molecule has 0 aliphatic carbocycles. The predicted octanol–water partition coefficient (Wildman–Crippen LogP) is 5.68. The highest BCUT2D eigenvalue weighted by Crippen LogP contribution is 2.40. The number of rotatable bonds is 2. The van der Waals surface area contributed by atoms with Gasteiger partial charge in [-0.05, 0) is 75.3 Å². The molecule has 0 N–H and O–H groups in total. The molecule has 2 rings (SSSR count). The molecule has 1 aliphatic rings. The second-order valence-corrected chi connectivity index (χ2v) is 11.1. The molecule has 0 atom stereocenters. The summed E-state index contributed by atoms with van der Waals surface area (Å²) in [5, 5.41) is 0. The zero-order valence-electron chi connectivity index (χ0n) is 21.3. The van der Waals surface area contributed by atoms with Crippen LogP contribution in [0.15, 0.2) is 18.2 Å². The van der Waals surface area contributed by atoms with Gasteiger partial charge in [-0.25, -0.2) is 9.59 Å². The maximum absolute atomic E-state index is 14.1. The third kappa shape index (κ3) is 6.24. The number of alkyl halides is 3. The number of carbonyl (C=O) groups excluding carboxylic acids is 2. The van der Waals surface area contributed by atoms with Crippen LogP contribution >= 0.6 is 0 Å². The number of amides is 2. The van der Waals surface area contributed by atoms with E-state index in [4.69, 9.17) is 18.8 Å². The van der Waals surface area contributed by atoms with Crippen LogP contribution in [0.5, 0.6) is 0 Å². The largest absolute Gasteiger partial charge is 0.497 e. The van der Waals surface area contributed by atoms with E-state index in [1.165, 1.54) is 6.07 Å². The first-order valence-corrected chi connectivity index (χ1v) is 10.9. The van der Waals surface area contributed by atoms with Crippen LogP contribution in [0.4, 0.5) is 28.4 Å². The zero-order valence-corrected chi connectivity index (χ0v) is 21.3. The molecule has 0 spiro atoms. The number of imide groups is 1. The number of anilines is 1. The van der Waals surface area contributed by atoms with Gasteiger partial charge in [-0.1, -0.05) is 12.1 Å². The van der Waals surface area contributed by atoms with E-state index in [1.54, 1.807) is 69.2 Å². The van der Waals surface area contributed by atoms with Crippen molar-refractivity contribution in [1.82, 2.24) is 0 Å². The summed E-state index contributed by atoms with van der Waals surface area (Å²) in [4.78, 5) is 26.7. The Balaban J connectivity index is 2.78. The lowest BCUT2D eigenvalue weighted by atomic mass is 9.74. The molecule has 1 aromatic carbocycles. The van der Waals surface area contributed by atoms with Crippen molar-refractivity contribution in [3.63, 3.8) is 0 Å². The second kappa shape index (κ2) is 8.75. The summed E-state index contributed by atoms with van der Waals surface area (Å²) in [6, 6.07) is 3.13. The van der Waals surface area contributed by atoms with Gasteiger partial charge in [0.25, 0.3) is 0 Å². The van der Waals surface area contributed by atoms with Gasteiger partial charge in [-0.3, -0.25) is 0 Å². The zero-order chi connectivity index (χ0) is 26.5. The standard InChI is InChI=1S/C23H33BF3NO6/c1-19(2,3)31-17(29)28(18(30)32-20(4,5)6)15-13-11-12-14(23(25,26)27)16(15)24-33-21(7,8)22(9,10)34-24/h11-13H,1-10H3. The molecule has 0 aromatic heterocycles. The van der Waals surface area contributed by atoms with Gasteiger partial charge in [0, 0.05) is 5.46 Å². The molecule has 1 fully saturated rings. The first-order valence-electron chi connectivity index (χ1n) is 10.9. The molecule has 2 amide bonds. The summed E-state index contributed by atoms with van der Waals surface area (Å²) in [5.41, 5.74) is -6.07. The maximum Gasteiger partial charge on any atom is 0.497 e. The number of hydrogen-bond donors (Lipinski definition) is 0. The number of ether oxygens (including phenoxy) is 2. The van der Waals surface area contributed by atoms with Crippen molar-refractivity contribution in [3.8, 4) is 0 Å². The van der Waals surface area contributed by atoms with Gasteiger partial charge in [0.05, 0.1) is 22.5 Å². The van der Waals surface area contributed by atoms with Crippen molar-refractivity contribution >= 4 is 30.5 Å². The van der Waals surface area contributed by atoms with Gasteiger partial charge in [0.1, 0.15) is 11.2 Å². The molecule has 11 heteroatoms. The Labute approximate surface area is 199 Å². The number of hydrogen-bond acceptors (Lipinski definition) is 6. The SMILES string of the molecule is CC(C)(C)OC(=O)N(C(=O)OC(C)(C)C)c1cccc(C(F)(F)F)c1B1OC(C)(C)C(C)(C)O1. The fraction of sp³-hybridized carbons (Fsp3) is 0.652. The smallest absolute Gasteiger partial charge is 0.443 e. The van der Waals surface area contributed by atoms with Crippen molar-refractivity contribution in [2.75, 3.05) is 4.90 Å². The van der Waals surface area contributed by atoms with Crippen LogP contribution in [0.3, 0.4) is 0 Å². The van der Waals surface area contributed by atoms with Crippen LogP contribution in [-0.2, 0) is 25.0 Å². The van der Waals surface area contributed by atoms with Crippen molar-refractivity contribution in [1.29, 1.82) is 0 Å². The minimum absolute atomic E-state index is 0.406. The average Bonchev–Trinajstić information content (AvgIpc) is 2.78. The van der Waals surface area contributed by atoms with Gasteiger partial charge in [0.15, 0.2) is 0 Å². The molecule has 0 unspecified atom stereocenters. The minimum atomic E-state index is -4.83. The third-order valence-corrected chi connectivity index (χ3v) is 5.27.